The number of likely N-dealkylation sites (tertiary alicyclic amines) is 2. The zero-order valence-corrected chi connectivity index (χ0v) is 34.9. The van der Waals surface area contributed by atoms with E-state index in [0.717, 1.165) is 106 Å². The highest BCUT2D eigenvalue weighted by atomic mass is 35.5. The highest BCUT2D eigenvalue weighted by Crippen LogP contribution is 2.36. The van der Waals surface area contributed by atoms with Crippen LogP contribution in [0, 0.1) is 11.8 Å². The summed E-state index contributed by atoms with van der Waals surface area (Å²) in [7, 11) is 0. The van der Waals surface area contributed by atoms with Crippen LogP contribution in [0.1, 0.15) is 98.0 Å². The van der Waals surface area contributed by atoms with Gasteiger partial charge < -0.3 is 20.0 Å². The largest absolute Gasteiger partial charge is 0.351 e. The Morgan fingerprint density at radius 1 is 0.833 bits per heavy atom. The van der Waals surface area contributed by atoms with Gasteiger partial charge in [-0.05, 0) is 124 Å². The summed E-state index contributed by atoms with van der Waals surface area (Å²) in [5.41, 5.74) is 6.80. The molecule has 3 aromatic carbocycles. The molecule has 12 heteroatoms. The van der Waals surface area contributed by atoms with E-state index in [2.05, 4.69) is 61.8 Å². The lowest BCUT2D eigenvalue weighted by atomic mass is 9.84. The van der Waals surface area contributed by atoms with Crippen molar-refractivity contribution in [2.75, 3.05) is 38.0 Å². The van der Waals surface area contributed by atoms with Crippen LogP contribution in [-0.4, -0.2) is 93.1 Å². The maximum Gasteiger partial charge on any atom is 0.255 e. The van der Waals surface area contributed by atoms with Crippen molar-refractivity contribution in [3.8, 4) is 22.4 Å². The Labute approximate surface area is 357 Å². The first-order valence-corrected chi connectivity index (χ1v) is 22.4. The average molecular weight is 828 g/mol. The van der Waals surface area contributed by atoms with Gasteiger partial charge in [-0.2, -0.15) is 0 Å². The van der Waals surface area contributed by atoms with Crippen molar-refractivity contribution in [2.45, 2.75) is 95.2 Å². The van der Waals surface area contributed by atoms with E-state index < -0.39 is 6.04 Å². The monoisotopic (exact) mass is 827 g/mol. The van der Waals surface area contributed by atoms with E-state index in [1.165, 1.54) is 12.0 Å². The third kappa shape index (κ3) is 8.84. The normalized spacial score (nSPS) is 23.1. The van der Waals surface area contributed by atoms with Crippen molar-refractivity contribution in [2.24, 2.45) is 11.8 Å². The number of benzene rings is 3. The van der Waals surface area contributed by atoms with E-state index in [-0.39, 0.29) is 36.1 Å². The number of rotatable bonds is 10. The minimum absolute atomic E-state index is 0.0128. The summed E-state index contributed by atoms with van der Waals surface area (Å²) in [4.78, 5) is 66.8. The third-order valence-corrected chi connectivity index (χ3v) is 14.0. The van der Waals surface area contributed by atoms with E-state index in [4.69, 9.17) is 16.6 Å². The lowest BCUT2D eigenvalue weighted by molar-refractivity contribution is -0.138. The highest BCUT2D eigenvalue weighted by molar-refractivity contribution is 6.33. The molecular formula is C48H54ClN7O4. The van der Waals surface area contributed by atoms with Gasteiger partial charge in [-0.25, -0.2) is 9.97 Å². The highest BCUT2D eigenvalue weighted by Gasteiger charge is 2.39. The molecule has 0 radical (unpaired) electrons. The lowest BCUT2D eigenvalue weighted by Gasteiger charge is -2.38. The molecule has 60 heavy (non-hydrogen) atoms. The summed E-state index contributed by atoms with van der Waals surface area (Å²) in [5, 5.41) is 6.45. The SMILES string of the molecule is O=C1CCC(N2Cc3cc(C4CCN(CCC5CCN(C(=O)[C@H]6CCC[C@@H](Nc7ncc(Cl)c(-c8cccc(-c9ccccc9)c8)n7)C6)CC5)CC4)ccc3C2=O)C(=O)N1. The zero-order chi connectivity index (χ0) is 41.2. The quantitative estimate of drug-likeness (QED) is 0.156. The number of nitrogens with zero attached hydrogens (tertiary/aromatic N) is 5. The van der Waals surface area contributed by atoms with Gasteiger partial charge in [0.15, 0.2) is 0 Å². The van der Waals surface area contributed by atoms with E-state index in [1.54, 1.807) is 11.1 Å². The van der Waals surface area contributed by atoms with Gasteiger partial charge in [-0.15, -0.1) is 0 Å². The maximum atomic E-state index is 13.8. The van der Waals surface area contributed by atoms with Gasteiger partial charge in [0, 0.05) is 49.1 Å². The fourth-order valence-corrected chi connectivity index (χ4v) is 10.4. The van der Waals surface area contributed by atoms with Crippen molar-refractivity contribution in [1.29, 1.82) is 0 Å². The van der Waals surface area contributed by atoms with Gasteiger partial charge in [0.05, 0.1) is 16.9 Å². The minimum Gasteiger partial charge on any atom is -0.351 e. The second kappa shape index (κ2) is 17.8. The number of fused-ring (bicyclic) bond motifs is 1. The molecule has 11 nitrogen and oxygen atoms in total. The van der Waals surface area contributed by atoms with Crippen LogP contribution in [-0.2, 0) is 20.9 Å². The molecule has 1 aliphatic carbocycles. The average Bonchev–Trinajstić information content (AvgIpc) is 3.61. The standard InChI is InChI=1S/C48H54ClN7O4/c49-41-29-50-48(53-44(41)36-9-4-8-34(26-36)32-6-2-1-3-7-32)51-39-11-5-10-37(28-39)46(59)55-24-17-31(18-25-55)16-21-54-22-19-33(20-23-54)35-12-13-40-38(27-35)30-56(47(40)60)42-14-15-43(57)52-45(42)58/h1-4,6-9,12-13,26-27,29,31,33,37,39,42H,5,10-11,14-25,28,30H2,(H,50,51,53)(H,52,57,58)/t37-,39+,42?/m0/s1. The second-order valence-electron chi connectivity index (χ2n) is 17.5. The Balaban J connectivity index is 0.713. The van der Waals surface area contributed by atoms with Crippen LogP contribution >= 0.6 is 11.6 Å². The number of halogens is 1. The van der Waals surface area contributed by atoms with Gasteiger partial charge >= 0.3 is 0 Å². The number of hydrogen-bond acceptors (Lipinski definition) is 8. The lowest BCUT2D eigenvalue weighted by Crippen LogP contribution is -2.52. The molecule has 1 unspecified atom stereocenters. The Kier molecular flexibility index (Phi) is 12.0. The molecule has 4 aromatic rings. The van der Waals surface area contributed by atoms with E-state index in [1.807, 2.05) is 36.4 Å². The van der Waals surface area contributed by atoms with Crippen LogP contribution in [0.5, 0.6) is 0 Å². The van der Waals surface area contributed by atoms with Crippen molar-refractivity contribution < 1.29 is 19.2 Å². The summed E-state index contributed by atoms with van der Waals surface area (Å²) >= 11 is 6.63. The van der Waals surface area contributed by atoms with Gasteiger partial charge in [-0.3, -0.25) is 24.5 Å². The fraction of sp³-hybridized carbons (Fsp3) is 0.458. The topological polar surface area (TPSA) is 128 Å². The van der Waals surface area contributed by atoms with Crippen molar-refractivity contribution >= 4 is 41.2 Å². The molecule has 4 amide bonds. The molecule has 9 rings (SSSR count). The van der Waals surface area contributed by atoms with Crippen LogP contribution in [0.15, 0.2) is 79.0 Å². The Morgan fingerprint density at radius 3 is 2.42 bits per heavy atom. The molecule has 2 N–H and O–H groups in total. The van der Waals surface area contributed by atoms with Gasteiger partial charge in [0.2, 0.25) is 23.7 Å². The second-order valence-corrected chi connectivity index (χ2v) is 17.9. The molecule has 5 aliphatic rings. The number of piperidine rings is 3. The summed E-state index contributed by atoms with van der Waals surface area (Å²) in [5.74, 6) is 1.19. The van der Waals surface area contributed by atoms with Crippen LogP contribution in [0.2, 0.25) is 5.02 Å². The van der Waals surface area contributed by atoms with E-state index in [9.17, 15) is 19.2 Å². The molecule has 4 aliphatic heterocycles. The molecule has 3 atom stereocenters. The molecule has 3 saturated heterocycles. The number of hydrogen-bond donors (Lipinski definition) is 2. The first kappa shape index (κ1) is 40.3. The maximum absolute atomic E-state index is 13.8. The fourth-order valence-electron chi connectivity index (χ4n) is 10.2. The van der Waals surface area contributed by atoms with Gasteiger partial charge in [0.1, 0.15) is 6.04 Å². The number of carbonyl (C=O) groups excluding carboxylic acids is 4. The van der Waals surface area contributed by atoms with E-state index in [0.29, 0.717) is 52.9 Å². The number of aromatic nitrogens is 2. The predicted molar refractivity (Wildman–Crippen MR) is 232 cm³/mol. The number of carbonyl (C=O) groups is 4. The predicted octanol–water partition coefficient (Wildman–Crippen LogP) is 7.70. The first-order chi connectivity index (χ1) is 29.3. The molecule has 1 saturated carbocycles. The van der Waals surface area contributed by atoms with Crippen molar-refractivity contribution in [3.05, 3.63) is 101 Å². The van der Waals surface area contributed by atoms with Crippen LogP contribution in [0.4, 0.5) is 5.95 Å². The van der Waals surface area contributed by atoms with Crippen LogP contribution in [0.3, 0.4) is 0 Å². The minimum atomic E-state index is -0.586. The van der Waals surface area contributed by atoms with Gasteiger partial charge in [0.25, 0.3) is 5.91 Å². The summed E-state index contributed by atoms with van der Waals surface area (Å²) < 4.78 is 0. The third-order valence-electron chi connectivity index (χ3n) is 13.7. The number of amides is 4. The first-order valence-electron chi connectivity index (χ1n) is 22.0. The molecule has 0 spiro atoms. The summed E-state index contributed by atoms with van der Waals surface area (Å²) in [6, 6.07) is 24.3. The smallest absolute Gasteiger partial charge is 0.255 e. The van der Waals surface area contributed by atoms with Crippen molar-refractivity contribution in [1.82, 2.24) is 30.0 Å². The molecule has 1 aromatic heterocycles. The number of nitrogens with one attached hydrogen (secondary N) is 2. The Hall–Kier alpha value is -5.13. The Morgan fingerprint density at radius 2 is 1.62 bits per heavy atom. The molecule has 4 fully saturated rings. The van der Waals surface area contributed by atoms with E-state index >= 15 is 0 Å². The zero-order valence-electron chi connectivity index (χ0n) is 34.2. The summed E-state index contributed by atoms with van der Waals surface area (Å²) in [6.07, 6.45) is 11.5. The molecule has 5 heterocycles. The van der Waals surface area contributed by atoms with Gasteiger partial charge in [-0.1, -0.05) is 78.7 Å². The Bertz CT molecular complexity index is 2240. The number of anilines is 1. The van der Waals surface area contributed by atoms with Crippen LogP contribution < -0.4 is 10.6 Å². The number of imide groups is 1. The van der Waals surface area contributed by atoms with Crippen LogP contribution in [0.25, 0.3) is 22.4 Å². The molecule has 312 valence electrons. The van der Waals surface area contributed by atoms with Crippen molar-refractivity contribution in [3.63, 3.8) is 0 Å². The summed E-state index contributed by atoms with van der Waals surface area (Å²) in [6.45, 7) is 5.31. The molecule has 0 bridgehead atoms. The molecular weight excluding hydrogens is 774 g/mol.